The summed E-state index contributed by atoms with van der Waals surface area (Å²) in [6.45, 7) is 6.09. The average Bonchev–Trinajstić information content (AvgIpc) is 2.61. The number of rotatable bonds is 6. The molecule has 6 nitrogen and oxygen atoms in total. The van der Waals surface area contributed by atoms with Crippen LogP contribution in [-0.4, -0.2) is 24.1 Å². The van der Waals surface area contributed by atoms with Crippen LogP contribution < -0.4 is 15.5 Å². The van der Waals surface area contributed by atoms with E-state index < -0.39 is 11.8 Å². The topological polar surface area (TPSA) is 79.8 Å². The first-order chi connectivity index (χ1) is 12.4. The molecule has 0 aliphatic heterocycles. The number of carbonyl (C=O) groups excluding carboxylic acids is 2. The zero-order chi connectivity index (χ0) is 18.9. The quantitative estimate of drug-likeness (QED) is 0.476. The van der Waals surface area contributed by atoms with Gasteiger partial charge in [0, 0.05) is 6.04 Å². The lowest BCUT2D eigenvalue weighted by atomic mass is 10.2. The molecule has 26 heavy (non-hydrogen) atoms. The molecule has 136 valence electrons. The lowest BCUT2D eigenvalue weighted by Gasteiger charge is -2.07. The Bertz CT molecular complexity index is 766. The van der Waals surface area contributed by atoms with Crippen molar-refractivity contribution in [1.29, 1.82) is 0 Å². The van der Waals surface area contributed by atoms with Gasteiger partial charge in [-0.2, -0.15) is 5.10 Å². The van der Waals surface area contributed by atoms with Crippen molar-refractivity contribution in [1.82, 2.24) is 10.7 Å². The minimum Gasteiger partial charge on any atom is -0.489 e. The van der Waals surface area contributed by atoms with E-state index in [0.717, 1.165) is 16.9 Å². The van der Waals surface area contributed by atoms with Crippen molar-refractivity contribution in [3.05, 3.63) is 65.2 Å². The van der Waals surface area contributed by atoms with E-state index in [-0.39, 0.29) is 6.04 Å². The molecule has 0 aliphatic carbocycles. The van der Waals surface area contributed by atoms with E-state index in [9.17, 15) is 9.59 Å². The Kier molecular flexibility index (Phi) is 6.91. The predicted molar refractivity (Wildman–Crippen MR) is 101 cm³/mol. The molecule has 0 saturated carbocycles. The number of nitrogens with zero attached hydrogens (tertiary/aromatic N) is 1. The van der Waals surface area contributed by atoms with Crippen LogP contribution in [0.15, 0.2) is 53.6 Å². The Labute approximate surface area is 153 Å². The Morgan fingerprint density at radius 1 is 1.04 bits per heavy atom. The molecule has 0 aliphatic rings. The first-order valence-electron chi connectivity index (χ1n) is 8.36. The molecule has 0 radical (unpaired) electrons. The third kappa shape index (κ3) is 6.39. The molecule has 0 saturated heterocycles. The molecule has 2 aromatic rings. The van der Waals surface area contributed by atoms with Crippen LogP contribution in [0.4, 0.5) is 0 Å². The highest BCUT2D eigenvalue weighted by Crippen LogP contribution is 2.14. The highest BCUT2D eigenvalue weighted by Gasteiger charge is 2.12. The maximum Gasteiger partial charge on any atom is 0.329 e. The van der Waals surface area contributed by atoms with Gasteiger partial charge in [0.2, 0.25) is 0 Å². The van der Waals surface area contributed by atoms with E-state index >= 15 is 0 Å². The number of amides is 2. The fraction of sp³-hybridized carbons (Fsp3) is 0.250. The molecule has 2 rings (SSSR count). The molecule has 0 heterocycles. The minimum absolute atomic E-state index is 0.107. The number of hydrogen-bond acceptors (Lipinski definition) is 4. The Balaban J connectivity index is 1.82. The zero-order valence-corrected chi connectivity index (χ0v) is 15.2. The third-order valence-corrected chi connectivity index (χ3v) is 3.41. The highest BCUT2D eigenvalue weighted by atomic mass is 16.5. The molecule has 0 fully saturated rings. The predicted octanol–water partition coefficient (Wildman–Crippen LogP) is 2.55. The summed E-state index contributed by atoms with van der Waals surface area (Å²) in [6.07, 6.45) is 1.46. The lowest BCUT2D eigenvalue weighted by molar-refractivity contribution is -0.139. The summed E-state index contributed by atoms with van der Waals surface area (Å²) in [6, 6.07) is 15.3. The van der Waals surface area contributed by atoms with Gasteiger partial charge in [-0.1, -0.05) is 29.8 Å². The Hall–Kier alpha value is -3.15. The van der Waals surface area contributed by atoms with Gasteiger partial charge in [-0.15, -0.1) is 0 Å². The van der Waals surface area contributed by atoms with Gasteiger partial charge >= 0.3 is 11.8 Å². The molecule has 0 spiro atoms. The highest BCUT2D eigenvalue weighted by molar-refractivity contribution is 6.35. The molecule has 0 bridgehead atoms. The molecule has 2 aromatic carbocycles. The number of ether oxygens (including phenoxy) is 1. The molecule has 0 unspecified atom stereocenters. The normalized spacial score (nSPS) is 10.8. The standard InChI is InChI=1S/C20H23N3O3/c1-14(2)22-19(24)20(25)23-21-12-16-8-10-18(11-9-16)26-13-17-6-4-15(3)5-7-17/h4-12,14H,13H2,1-3H3,(H,22,24)(H,23,25)/b21-12-. The molecule has 0 atom stereocenters. The van der Waals surface area contributed by atoms with Crippen LogP contribution in [0, 0.1) is 6.92 Å². The van der Waals surface area contributed by atoms with Crippen LogP contribution in [0.1, 0.15) is 30.5 Å². The van der Waals surface area contributed by atoms with E-state index in [1.807, 2.05) is 55.5 Å². The first kappa shape index (κ1) is 19.2. The fourth-order valence-electron chi connectivity index (χ4n) is 2.05. The lowest BCUT2D eigenvalue weighted by Crippen LogP contribution is -2.41. The molecule has 0 aromatic heterocycles. The molecule has 6 heteroatoms. The smallest absolute Gasteiger partial charge is 0.329 e. The van der Waals surface area contributed by atoms with Gasteiger partial charge in [-0.05, 0) is 56.2 Å². The summed E-state index contributed by atoms with van der Waals surface area (Å²) < 4.78 is 5.73. The first-order valence-corrected chi connectivity index (χ1v) is 8.36. The number of aryl methyl sites for hydroxylation is 1. The van der Waals surface area contributed by atoms with Gasteiger partial charge in [-0.3, -0.25) is 9.59 Å². The van der Waals surface area contributed by atoms with Crippen molar-refractivity contribution in [2.45, 2.75) is 33.4 Å². The summed E-state index contributed by atoms with van der Waals surface area (Å²) in [5.74, 6) is -0.770. The summed E-state index contributed by atoms with van der Waals surface area (Å²) in [7, 11) is 0. The number of nitrogens with one attached hydrogen (secondary N) is 2. The summed E-state index contributed by atoms with van der Waals surface area (Å²) in [5, 5.41) is 6.26. The van der Waals surface area contributed by atoms with Crippen LogP contribution >= 0.6 is 0 Å². The van der Waals surface area contributed by atoms with Gasteiger partial charge in [-0.25, -0.2) is 5.43 Å². The van der Waals surface area contributed by atoms with Gasteiger partial charge in [0.1, 0.15) is 12.4 Å². The number of hydrazone groups is 1. The summed E-state index contributed by atoms with van der Waals surface area (Å²) in [5.41, 5.74) is 5.28. The van der Waals surface area contributed by atoms with E-state index in [1.54, 1.807) is 13.8 Å². The molecular formula is C20H23N3O3. The largest absolute Gasteiger partial charge is 0.489 e. The van der Waals surface area contributed by atoms with E-state index in [0.29, 0.717) is 6.61 Å². The summed E-state index contributed by atoms with van der Waals surface area (Å²) in [4.78, 5) is 22.9. The van der Waals surface area contributed by atoms with Crippen molar-refractivity contribution < 1.29 is 14.3 Å². The van der Waals surface area contributed by atoms with E-state index in [4.69, 9.17) is 4.74 Å². The van der Waals surface area contributed by atoms with Crippen LogP contribution in [0.2, 0.25) is 0 Å². The van der Waals surface area contributed by atoms with Crippen molar-refractivity contribution >= 4 is 18.0 Å². The second-order valence-corrected chi connectivity index (χ2v) is 6.17. The zero-order valence-electron chi connectivity index (χ0n) is 15.2. The maximum atomic E-state index is 11.5. The van der Waals surface area contributed by atoms with Gasteiger partial charge < -0.3 is 10.1 Å². The van der Waals surface area contributed by atoms with Gasteiger partial charge in [0.15, 0.2) is 0 Å². The summed E-state index contributed by atoms with van der Waals surface area (Å²) >= 11 is 0. The van der Waals surface area contributed by atoms with Crippen LogP contribution in [0.25, 0.3) is 0 Å². The van der Waals surface area contributed by atoms with E-state index in [2.05, 4.69) is 15.8 Å². The molecule has 2 amide bonds. The van der Waals surface area contributed by atoms with Crippen LogP contribution in [0.5, 0.6) is 5.75 Å². The van der Waals surface area contributed by atoms with Gasteiger partial charge in [0.05, 0.1) is 6.21 Å². The van der Waals surface area contributed by atoms with E-state index in [1.165, 1.54) is 11.8 Å². The SMILES string of the molecule is Cc1ccc(COc2ccc(/C=N\NC(=O)C(=O)NC(C)C)cc2)cc1. The van der Waals surface area contributed by atoms with Crippen LogP contribution in [-0.2, 0) is 16.2 Å². The van der Waals surface area contributed by atoms with Crippen molar-refractivity contribution in [3.8, 4) is 5.75 Å². The monoisotopic (exact) mass is 353 g/mol. The molecular weight excluding hydrogens is 330 g/mol. The second kappa shape index (κ2) is 9.36. The van der Waals surface area contributed by atoms with Crippen molar-refractivity contribution in [2.24, 2.45) is 5.10 Å². The Morgan fingerprint density at radius 2 is 1.69 bits per heavy atom. The van der Waals surface area contributed by atoms with Crippen molar-refractivity contribution in [2.75, 3.05) is 0 Å². The minimum atomic E-state index is -0.798. The third-order valence-electron chi connectivity index (χ3n) is 3.41. The maximum absolute atomic E-state index is 11.5. The van der Waals surface area contributed by atoms with Crippen LogP contribution in [0.3, 0.4) is 0 Å². The van der Waals surface area contributed by atoms with Gasteiger partial charge in [0.25, 0.3) is 0 Å². The second-order valence-electron chi connectivity index (χ2n) is 6.17. The average molecular weight is 353 g/mol. The van der Waals surface area contributed by atoms with Crippen molar-refractivity contribution in [3.63, 3.8) is 0 Å². The number of benzene rings is 2. The number of carbonyl (C=O) groups is 2. The number of hydrogen-bond donors (Lipinski definition) is 2. The molecule has 2 N–H and O–H groups in total. The Morgan fingerprint density at radius 3 is 2.31 bits per heavy atom. The fourth-order valence-corrected chi connectivity index (χ4v) is 2.05.